The van der Waals surface area contributed by atoms with Gasteiger partial charge >= 0.3 is 5.97 Å². The van der Waals surface area contributed by atoms with E-state index in [1.54, 1.807) is 24.3 Å². The Morgan fingerprint density at radius 3 is 2.23 bits per heavy atom. The minimum atomic E-state index is -1.06. The third-order valence-corrected chi connectivity index (χ3v) is 2.98. The molecule has 2 N–H and O–H groups in total. The van der Waals surface area contributed by atoms with Gasteiger partial charge in [0, 0.05) is 23.9 Å². The van der Waals surface area contributed by atoms with Crippen molar-refractivity contribution < 1.29 is 19.8 Å². The second-order valence-electron chi connectivity index (χ2n) is 4.54. The molecular formula is C17H15NO4. The fraction of sp³-hybridized carbons (Fsp3) is 0.0588. The summed E-state index contributed by atoms with van der Waals surface area (Å²) in [5, 5.41) is 18.0. The molecule has 0 aromatic heterocycles. The molecule has 0 saturated heterocycles. The van der Waals surface area contributed by atoms with Crippen LogP contribution in [0.3, 0.4) is 0 Å². The maximum Gasteiger partial charge on any atom is 0.328 e. The lowest BCUT2D eigenvalue weighted by Crippen LogP contribution is -2.31. The maximum atomic E-state index is 12.6. The van der Waals surface area contributed by atoms with Gasteiger partial charge in [-0.15, -0.1) is 0 Å². The topological polar surface area (TPSA) is 77.8 Å². The molecule has 0 heterocycles. The Labute approximate surface area is 127 Å². The molecule has 22 heavy (non-hydrogen) atoms. The first-order chi connectivity index (χ1) is 10.6. The van der Waals surface area contributed by atoms with E-state index in [0.29, 0.717) is 11.3 Å². The van der Waals surface area contributed by atoms with Crippen LogP contribution in [0.5, 0.6) is 5.75 Å². The number of hydrogen-bond acceptors (Lipinski definition) is 3. The lowest BCUT2D eigenvalue weighted by Gasteiger charge is -2.21. The van der Waals surface area contributed by atoms with Crippen LogP contribution in [-0.4, -0.2) is 28.6 Å². The van der Waals surface area contributed by atoms with Crippen molar-refractivity contribution in [3.8, 4) is 5.75 Å². The summed E-state index contributed by atoms with van der Waals surface area (Å²) in [5.74, 6) is -1.26. The molecule has 2 aromatic carbocycles. The van der Waals surface area contributed by atoms with Gasteiger partial charge < -0.3 is 15.1 Å². The van der Waals surface area contributed by atoms with E-state index >= 15 is 0 Å². The Bertz CT molecular complexity index is 678. The Balaban J connectivity index is 2.29. The second-order valence-corrected chi connectivity index (χ2v) is 4.54. The van der Waals surface area contributed by atoms with Crippen LogP contribution >= 0.6 is 0 Å². The number of carboxylic acids is 1. The number of benzene rings is 2. The van der Waals surface area contributed by atoms with E-state index in [-0.39, 0.29) is 18.2 Å². The van der Waals surface area contributed by atoms with Crippen LogP contribution in [0.2, 0.25) is 0 Å². The first kappa shape index (κ1) is 15.3. The molecule has 112 valence electrons. The van der Waals surface area contributed by atoms with Gasteiger partial charge in [-0.2, -0.15) is 0 Å². The fourth-order valence-electron chi connectivity index (χ4n) is 1.93. The molecule has 1 amide bonds. The summed E-state index contributed by atoms with van der Waals surface area (Å²) in [5.41, 5.74) is 1.07. The van der Waals surface area contributed by atoms with Crippen molar-refractivity contribution in [2.75, 3.05) is 11.4 Å². The predicted molar refractivity (Wildman–Crippen MR) is 83.0 cm³/mol. The Hall–Kier alpha value is -3.08. The van der Waals surface area contributed by atoms with Crippen molar-refractivity contribution >= 4 is 17.6 Å². The number of phenols is 1. The van der Waals surface area contributed by atoms with Crippen molar-refractivity contribution in [3.05, 3.63) is 72.3 Å². The van der Waals surface area contributed by atoms with Crippen molar-refractivity contribution in [1.82, 2.24) is 0 Å². The molecule has 0 fully saturated rings. The summed E-state index contributed by atoms with van der Waals surface area (Å²) in [6, 6.07) is 14.9. The minimum absolute atomic E-state index is 0.0774. The van der Waals surface area contributed by atoms with Gasteiger partial charge in [-0.05, 0) is 36.4 Å². The van der Waals surface area contributed by atoms with Gasteiger partial charge in [-0.3, -0.25) is 4.79 Å². The van der Waals surface area contributed by atoms with Crippen LogP contribution in [0, 0.1) is 0 Å². The first-order valence-corrected chi connectivity index (χ1v) is 6.63. The number of para-hydroxylation sites is 1. The van der Waals surface area contributed by atoms with Crippen LogP contribution in [0.4, 0.5) is 5.69 Å². The third kappa shape index (κ3) is 3.96. The number of hydrogen-bond donors (Lipinski definition) is 2. The van der Waals surface area contributed by atoms with E-state index in [0.717, 1.165) is 6.08 Å². The van der Waals surface area contributed by atoms with E-state index in [4.69, 9.17) is 5.11 Å². The highest BCUT2D eigenvalue weighted by atomic mass is 16.4. The number of aliphatic carboxylic acids is 1. The quantitative estimate of drug-likeness (QED) is 0.832. The molecule has 0 unspecified atom stereocenters. The summed E-state index contributed by atoms with van der Waals surface area (Å²) in [7, 11) is 0. The largest absolute Gasteiger partial charge is 0.508 e. The zero-order valence-corrected chi connectivity index (χ0v) is 11.7. The van der Waals surface area contributed by atoms with Gasteiger partial charge in [-0.1, -0.05) is 24.3 Å². The SMILES string of the molecule is O=C(O)C=CCN(C(=O)c1ccc(O)cc1)c1ccccc1. The molecule has 0 aliphatic heterocycles. The lowest BCUT2D eigenvalue weighted by molar-refractivity contribution is -0.131. The van der Waals surface area contributed by atoms with Gasteiger partial charge in [0.05, 0.1) is 0 Å². The molecule has 0 bridgehead atoms. The number of carboxylic acid groups (broad SMARTS) is 1. The smallest absolute Gasteiger partial charge is 0.328 e. The predicted octanol–water partition coefficient (Wildman–Crippen LogP) is 2.68. The van der Waals surface area contributed by atoms with Gasteiger partial charge in [0.15, 0.2) is 0 Å². The van der Waals surface area contributed by atoms with Crippen molar-refractivity contribution in [3.63, 3.8) is 0 Å². The lowest BCUT2D eigenvalue weighted by atomic mass is 10.1. The summed E-state index contributed by atoms with van der Waals surface area (Å²) in [6.07, 6.45) is 2.41. The molecular weight excluding hydrogens is 282 g/mol. The molecule has 5 heteroatoms. The molecule has 0 radical (unpaired) electrons. The maximum absolute atomic E-state index is 12.6. The van der Waals surface area contributed by atoms with Crippen LogP contribution < -0.4 is 4.90 Å². The van der Waals surface area contributed by atoms with Gasteiger partial charge in [0.1, 0.15) is 5.75 Å². The summed E-state index contributed by atoms with van der Waals surface area (Å²) >= 11 is 0. The summed E-state index contributed by atoms with van der Waals surface area (Å²) in [4.78, 5) is 24.6. The number of nitrogens with zero attached hydrogens (tertiary/aromatic N) is 1. The standard InChI is InChI=1S/C17H15NO4/c19-15-10-8-13(9-11-15)17(22)18(12-4-7-16(20)21)14-5-2-1-3-6-14/h1-11,19H,12H2,(H,20,21). The number of rotatable bonds is 5. The molecule has 0 spiro atoms. The number of anilines is 1. The fourth-order valence-corrected chi connectivity index (χ4v) is 1.93. The van der Waals surface area contributed by atoms with Crippen molar-refractivity contribution in [2.24, 2.45) is 0 Å². The summed E-state index contributed by atoms with van der Waals surface area (Å²) in [6.45, 7) is 0.135. The number of carbonyl (C=O) groups is 2. The highest BCUT2D eigenvalue weighted by Crippen LogP contribution is 2.18. The molecule has 0 saturated carbocycles. The number of aromatic hydroxyl groups is 1. The minimum Gasteiger partial charge on any atom is -0.508 e. The van der Waals surface area contributed by atoms with E-state index in [2.05, 4.69) is 0 Å². The molecule has 0 aliphatic carbocycles. The average molecular weight is 297 g/mol. The highest BCUT2D eigenvalue weighted by Gasteiger charge is 2.16. The van der Waals surface area contributed by atoms with E-state index in [1.165, 1.54) is 35.2 Å². The van der Waals surface area contributed by atoms with E-state index in [1.807, 2.05) is 6.07 Å². The zero-order chi connectivity index (χ0) is 15.9. The normalized spacial score (nSPS) is 10.5. The van der Waals surface area contributed by atoms with E-state index in [9.17, 15) is 14.7 Å². The van der Waals surface area contributed by atoms with Crippen molar-refractivity contribution in [1.29, 1.82) is 0 Å². The second kappa shape index (κ2) is 7.08. The Morgan fingerprint density at radius 1 is 1.00 bits per heavy atom. The van der Waals surface area contributed by atoms with Crippen LogP contribution in [-0.2, 0) is 4.79 Å². The first-order valence-electron chi connectivity index (χ1n) is 6.63. The molecule has 5 nitrogen and oxygen atoms in total. The monoisotopic (exact) mass is 297 g/mol. The summed E-state index contributed by atoms with van der Waals surface area (Å²) < 4.78 is 0. The van der Waals surface area contributed by atoms with Crippen molar-refractivity contribution in [2.45, 2.75) is 0 Å². The zero-order valence-electron chi connectivity index (χ0n) is 11.7. The molecule has 2 rings (SSSR count). The van der Waals surface area contributed by atoms with Crippen LogP contribution in [0.25, 0.3) is 0 Å². The molecule has 0 aliphatic rings. The third-order valence-electron chi connectivity index (χ3n) is 2.98. The highest BCUT2D eigenvalue weighted by molar-refractivity contribution is 6.06. The average Bonchev–Trinajstić information content (AvgIpc) is 2.52. The number of phenolic OH excluding ortho intramolecular Hbond substituents is 1. The van der Waals surface area contributed by atoms with Crippen LogP contribution in [0.15, 0.2) is 66.7 Å². The van der Waals surface area contributed by atoms with Gasteiger partial charge in [0.25, 0.3) is 5.91 Å². The number of amides is 1. The Morgan fingerprint density at radius 2 is 1.64 bits per heavy atom. The van der Waals surface area contributed by atoms with Gasteiger partial charge in [-0.25, -0.2) is 4.79 Å². The van der Waals surface area contributed by atoms with Crippen LogP contribution in [0.1, 0.15) is 10.4 Å². The Kier molecular flexibility index (Phi) is 4.93. The number of carbonyl (C=O) groups excluding carboxylic acids is 1. The molecule has 0 atom stereocenters. The van der Waals surface area contributed by atoms with Gasteiger partial charge in [0.2, 0.25) is 0 Å². The molecule has 2 aromatic rings. The van der Waals surface area contributed by atoms with E-state index < -0.39 is 5.97 Å².